The van der Waals surface area contributed by atoms with Crippen molar-refractivity contribution >= 4 is 17.4 Å². The monoisotopic (exact) mass is 501 g/mol. The SMILES string of the molecule is Cc1ccc(Oc2ccnc(Nc3cccc(CN4CCN(C(=O)C5CCOCC5)CC4)c3)c2)c(C)n1. The van der Waals surface area contributed by atoms with Crippen LogP contribution in [0.1, 0.15) is 29.8 Å². The van der Waals surface area contributed by atoms with E-state index in [-0.39, 0.29) is 5.92 Å². The summed E-state index contributed by atoms with van der Waals surface area (Å²) in [5, 5.41) is 3.40. The second-order valence-electron chi connectivity index (χ2n) is 9.83. The van der Waals surface area contributed by atoms with Crippen molar-refractivity contribution in [3.05, 3.63) is 71.7 Å². The molecule has 0 bridgehead atoms. The van der Waals surface area contributed by atoms with Crippen LogP contribution in [0, 0.1) is 19.8 Å². The minimum atomic E-state index is 0.137. The third-order valence-electron chi connectivity index (χ3n) is 7.00. The van der Waals surface area contributed by atoms with Gasteiger partial charge in [0.05, 0.1) is 5.69 Å². The zero-order chi connectivity index (χ0) is 25.6. The van der Waals surface area contributed by atoms with Gasteiger partial charge in [0.25, 0.3) is 0 Å². The van der Waals surface area contributed by atoms with Crippen molar-refractivity contribution in [1.82, 2.24) is 19.8 Å². The highest BCUT2D eigenvalue weighted by Crippen LogP contribution is 2.27. The Labute approximate surface area is 218 Å². The van der Waals surface area contributed by atoms with E-state index in [1.165, 1.54) is 5.56 Å². The number of carbonyl (C=O) groups is 1. The molecule has 2 aliphatic rings. The van der Waals surface area contributed by atoms with E-state index < -0.39 is 0 Å². The first-order chi connectivity index (χ1) is 18.0. The van der Waals surface area contributed by atoms with Crippen LogP contribution >= 0.6 is 0 Å². The molecule has 3 aromatic rings. The molecule has 2 aromatic heterocycles. The lowest BCUT2D eigenvalue weighted by atomic mass is 9.98. The number of amides is 1. The fraction of sp³-hybridized carbons (Fsp3) is 0.414. The van der Waals surface area contributed by atoms with Gasteiger partial charge in [0.15, 0.2) is 0 Å². The molecule has 37 heavy (non-hydrogen) atoms. The quantitative estimate of drug-likeness (QED) is 0.503. The van der Waals surface area contributed by atoms with Crippen molar-refractivity contribution in [2.24, 2.45) is 5.92 Å². The topological polar surface area (TPSA) is 79.8 Å². The smallest absolute Gasteiger partial charge is 0.225 e. The highest BCUT2D eigenvalue weighted by molar-refractivity contribution is 5.79. The summed E-state index contributed by atoms with van der Waals surface area (Å²) >= 11 is 0. The van der Waals surface area contributed by atoms with Crippen LogP contribution < -0.4 is 10.1 Å². The molecule has 0 radical (unpaired) electrons. The number of benzene rings is 1. The molecule has 2 fully saturated rings. The van der Waals surface area contributed by atoms with Crippen LogP contribution in [0.5, 0.6) is 11.5 Å². The maximum absolute atomic E-state index is 12.8. The van der Waals surface area contributed by atoms with Crippen LogP contribution in [0.15, 0.2) is 54.7 Å². The largest absolute Gasteiger partial charge is 0.455 e. The maximum Gasteiger partial charge on any atom is 0.225 e. The fourth-order valence-electron chi connectivity index (χ4n) is 4.93. The Morgan fingerprint density at radius 3 is 2.65 bits per heavy atom. The van der Waals surface area contributed by atoms with Crippen LogP contribution in [0.2, 0.25) is 0 Å². The molecule has 4 heterocycles. The van der Waals surface area contributed by atoms with Gasteiger partial charge in [0, 0.05) is 75.5 Å². The first-order valence-corrected chi connectivity index (χ1v) is 13.1. The molecule has 1 aromatic carbocycles. The third-order valence-corrected chi connectivity index (χ3v) is 7.00. The number of anilines is 2. The summed E-state index contributed by atoms with van der Waals surface area (Å²) in [6.07, 6.45) is 3.44. The Balaban J connectivity index is 1.16. The number of rotatable bonds is 7. The second-order valence-corrected chi connectivity index (χ2v) is 9.83. The van der Waals surface area contributed by atoms with Crippen LogP contribution in [-0.4, -0.2) is 65.1 Å². The Morgan fingerprint density at radius 1 is 1.05 bits per heavy atom. The number of aryl methyl sites for hydroxylation is 2. The van der Waals surface area contributed by atoms with E-state index in [1.54, 1.807) is 6.20 Å². The van der Waals surface area contributed by atoms with Crippen molar-refractivity contribution in [2.75, 3.05) is 44.7 Å². The van der Waals surface area contributed by atoms with E-state index in [0.29, 0.717) is 30.7 Å². The molecule has 8 nitrogen and oxygen atoms in total. The van der Waals surface area contributed by atoms with Gasteiger partial charge in [0.1, 0.15) is 17.3 Å². The lowest BCUT2D eigenvalue weighted by Crippen LogP contribution is -2.50. The molecule has 1 N–H and O–H groups in total. The lowest BCUT2D eigenvalue weighted by Gasteiger charge is -2.37. The zero-order valence-corrected chi connectivity index (χ0v) is 21.7. The van der Waals surface area contributed by atoms with Gasteiger partial charge in [-0.3, -0.25) is 14.7 Å². The predicted molar refractivity (Wildman–Crippen MR) is 143 cm³/mol. The molecule has 0 aliphatic carbocycles. The van der Waals surface area contributed by atoms with E-state index in [4.69, 9.17) is 9.47 Å². The molecule has 0 atom stereocenters. The summed E-state index contributed by atoms with van der Waals surface area (Å²) in [4.78, 5) is 26.2. The second kappa shape index (κ2) is 11.7. The summed E-state index contributed by atoms with van der Waals surface area (Å²) in [6, 6.07) is 16.0. The van der Waals surface area contributed by atoms with Crippen molar-refractivity contribution in [3.63, 3.8) is 0 Å². The fourth-order valence-corrected chi connectivity index (χ4v) is 4.93. The maximum atomic E-state index is 12.8. The Kier molecular flexibility index (Phi) is 7.96. The van der Waals surface area contributed by atoms with Gasteiger partial charge < -0.3 is 19.7 Å². The number of pyridine rings is 2. The molecular formula is C29H35N5O3. The van der Waals surface area contributed by atoms with Gasteiger partial charge >= 0.3 is 0 Å². The average Bonchev–Trinajstić information content (AvgIpc) is 2.91. The number of nitrogens with zero attached hydrogens (tertiary/aromatic N) is 4. The summed E-state index contributed by atoms with van der Waals surface area (Å²) < 4.78 is 11.5. The molecule has 1 amide bonds. The van der Waals surface area contributed by atoms with Crippen LogP contribution in [0.25, 0.3) is 0 Å². The summed E-state index contributed by atoms with van der Waals surface area (Å²) in [5.41, 5.74) is 4.02. The van der Waals surface area contributed by atoms with Gasteiger partial charge in [-0.05, 0) is 62.6 Å². The van der Waals surface area contributed by atoms with Gasteiger partial charge in [-0.25, -0.2) is 4.98 Å². The normalized spacial score (nSPS) is 17.0. The van der Waals surface area contributed by atoms with E-state index in [2.05, 4.69) is 38.4 Å². The average molecular weight is 502 g/mol. The highest BCUT2D eigenvalue weighted by Gasteiger charge is 2.28. The number of piperazine rings is 1. The number of nitrogens with one attached hydrogen (secondary N) is 1. The van der Waals surface area contributed by atoms with E-state index in [9.17, 15) is 4.79 Å². The predicted octanol–water partition coefficient (Wildman–Crippen LogP) is 4.70. The Morgan fingerprint density at radius 2 is 1.86 bits per heavy atom. The molecule has 194 valence electrons. The van der Waals surface area contributed by atoms with Gasteiger partial charge in [-0.1, -0.05) is 12.1 Å². The van der Waals surface area contributed by atoms with Crippen molar-refractivity contribution in [2.45, 2.75) is 33.2 Å². The Hall–Kier alpha value is -3.49. The summed E-state index contributed by atoms with van der Waals surface area (Å²) in [5.74, 6) is 2.60. The first kappa shape index (κ1) is 25.2. The minimum Gasteiger partial charge on any atom is -0.455 e. The molecule has 0 spiro atoms. The number of carbonyl (C=O) groups excluding carboxylic acids is 1. The van der Waals surface area contributed by atoms with Gasteiger partial charge in [-0.15, -0.1) is 0 Å². The molecule has 2 aliphatic heterocycles. The van der Waals surface area contributed by atoms with Crippen LogP contribution in [0.3, 0.4) is 0 Å². The first-order valence-electron chi connectivity index (χ1n) is 13.1. The molecule has 2 saturated heterocycles. The van der Waals surface area contributed by atoms with Crippen LogP contribution in [0.4, 0.5) is 11.5 Å². The van der Waals surface area contributed by atoms with Crippen molar-refractivity contribution in [3.8, 4) is 11.5 Å². The summed E-state index contributed by atoms with van der Waals surface area (Å²) in [6.45, 7) is 9.54. The van der Waals surface area contributed by atoms with Gasteiger partial charge in [0.2, 0.25) is 5.91 Å². The number of aromatic nitrogens is 2. The minimum absolute atomic E-state index is 0.137. The number of hydrogen-bond donors (Lipinski definition) is 1. The lowest BCUT2D eigenvalue weighted by molar-refractivity contribution is -0.140. The Bertz CT molecular complexity index is 1220. The molecule has 0 saturated carbocycles. The number of ether oxygens (including phenoxy) is 2. The number of hydrogen-bond acceptors (Lipinski definition) is 7. The van der Waals surface area contributed by atoms with Crippen molar-refractivity contribution in [1.29, 1.82) is 0 Å². The van der Waals surface area contributed by atoms with Crippen LogP contribution in [-0.2, 0) is 16.1 Å². The van der Waals surface area contributed by atoms with E-state index >= 15 is 0 Å². The van der Waals surface area contributed by atoms with Gasteiger partial charge in [-0.2, -0.15) is 0 Å². The molecule has 8 heteroatoms. The van der Waals surface area contributed by atoms with Crippen molar-refractivity contribution < 1.29 is 14.3 Å². The van der Waals surface area contributed by atoms with E-state index in [0.717, 1.165) is 68.4 Å². The molecule has 5 rings (SSSR count). The standard InChI is InChI=1S/C29H35N5O3/c1-21-6-7-27(22(2)31-21)37-26-8-11-30-28(19-26)32-25-5-3-4-23(18-25)20-33-12-14-34(15-13-33)29(35)24-9-16-36-17-10-24/h3-8,11,18-19,24H,9-10,12-17,20H2,1-2H3,(H,30,32). The highest BCUT2D eigenvalue weighted by atomic mass is 16.5. The van der Waals surface area contributed by atoms with E-state index in [1.807, 2.05) is 49.1 Å². The molecular weight excluding hydrogens is 466 g/mol. The third kappa shape index (κ3) is 6.64. The molecule has 0 unspecified atom stereocenters. The summed E-state index contributed by atoms with van der Waals surface area (Å²) in [7, 11) is 0. The zero-order valence-electron chi connectivity index (χ0n) is 21.7.